The standard InChI is InChI=1S/C6H12N2O/c1-5(7)3-8-4-6(2)9/h7-8H,3-4H2,1-2H3. The SMILES string of the molecule is CC(=N)CNCC(C)=O. The van der Waals surface area contributed by atoms with Crippen molar-refractivity contribution in [2.75, 3.05) is 13.1 Å². The predicted molar refractivity (Wildman–Crippen MR) is 37.0 cm³/mol. The molecule has 0 aliphatic rings. The molecule has 0 aliphatic carbocycles. The van der Waals surface area contributed by atoms with Crippen molar-refractivity contribution in [2.24, 2.45) is 0 Å². The zero-order valence-electron chi connectivity index (χ0n) is 5.82. The lowest BCUT2D eigenvalue weighted by Gasteiger charge is -1.97. The van der Waals surface area contributed by atoms with Gasteiger partial charge in [0.25, 0.3) is 0 Å². The number of carbonyl (C=O) groups excluding carboxylic acids is 1. The van der Waals surface area contributed by atoms with E-state index in [2.05, 4.69) is 5.32 Å². The van der Waals surface area contributed by atoms with Crippen LogP contribution in [0.2, 0.25) is 0 Å². The van der Waals surface area contributed by atoms with Crippen molar-refractivity contribution in [1.82, 2.24) is 5.32 Å². The Morgan fingerprint density at radius 3 is 2.33 bits per heavy atom. The van der Waals surface area contributed by atoms with Crippen molar-refractivity contribution in [2.45, 2.75) is 13.8 Å². The smallest absolute Gasteiger partial charge is 0.143 e. The first-order valence-electron chi connectivity index (χ1n) is 2.87. The molecule has 0 fully saturated rings. The Kier molecular flexibility index (Phi) is 3.88. The highest BCUT2D eigenvalue weighted by Gasteiger charge is 1.90. The maximum Gasteiger partial charge on any atom is 0.143 e. The second-order valence-electron chi connectivity index (χ2n) is 2.09. The van der Waals surface area contributed by atoms with Gasteiger partial charge in [-0.25, -0.2) is 0 Å². The van der Waals surface area contributed by atoms with Gasteiger partial charge < -0.3 is 10.7 Å². The van der Waals surface area contributed by atoms with E-state index in [9.17, 15) is 4.79 Å². The molecule has 0 spiro atoms. The number of hydrogen-bond donors (Lipinski definition) is 2. The van der Waals surface area contributed by atoms with E-state index in [-0.39, 0.29) is 5.78 Å². The molecule has 0 saturated carbocycles. The summed E-state index contributed by atoms with van der Waals surface area (Å²) in [6, 6.07) is 0. The Morgan fingerprint density at radius 2 is 2.00 bits per heavy atom. The van der Waals surface area contributed by atoms with E-state index in [1.807, 2.05) is 0 Å². The topological polar surface area (TPSA) is 53.0 Å². The van der Waals surface area contributed by atoms with E-state index in [1.165, 1.54) is 6.92 Å². The first-order valence-corrected chi connectivity index (χ1v) is 2.87. The molecule has 0 rings (SSSR count). The molecule has 0 bridgehead atoms. The number of rotatable bonds is 4. The highest BCUT2D eigenvalue weighted by Crippen LogP contribution is 1.67. The summed E-state index contributed by atoms with van der Waals surface area (Å²) in [5, 5.41) is 9.77. The fourth-order valence-corrected chi connectivity index (χ4v) is 0.426. The van der Waals surface area contributed by atoms with Crippen LogP contribution in [0.1, 0.15) is 13.8 Å². The number of ketones is 1. The van der Waals surface area contributed by atoms with Gasteiger partial charge >= 0.3 is 0 Å². The number of hydrogen-bond acceptors (Lipinski definition) is 3. The van der Waals surface area contributed by atoms with Crippen molar-refractivity contribution in [3.63, 3.8) is 0 Å². The Morgan fingerprint density at radius 1 is 1.44 bits per heavy atom. The van der Waals surface area contributed by atoms with Gasteiger partial charge in [0.15, 0.2) is 0 Å². The van der Waals surface area contributed by atoms with Gasteiger partial charge in [-0.2, -0.15) is 0 Å². The first-order chi connectivity index (χ1) is 4.13. The summed E-state index contributed by atoms with van der Waals surface area (Å²) in [6.45, 7) is 4.11. The second-order valence-corrected chi connectivity index (χ2v) is 2.09. The van der Waals surface area contributed by atoms with Crippen LogP contribution in [0.25, 0.3) is 0 Å². The molecule has 0 saturated heterocycles. The second kappa shape index (κ2) is 4.21. The van der Waals surface area contributed by atoms with Crippen LogP contribution < -0.4 is 5.32 Å². The average Bonchev–Trinajstić information content (AvgIpc) is 1.63. The Labute approximate surface area is 55.0 Å². The molecule has 0 aromatic carbocycles. The normalized spacial score (nSPS) is 9.11. The molecule has 2 N–H and O–H groups in total. The lowest BCUT2D eigenvalue weighted by Crippen LogP contribution is -2.25. The van der Waals surface area contributed by atoms with E-state index < -0.39 is 0 Å². The van der Waals surface area contributed by atoms with E-state index in [0.717, 1.165) is 0 Å². The maximum absolute atomic E-state index is 10.3. The van der Waals surface area contributed by atoms with E-state index >= 15 is 0 Å². The van der Waals surface area contributed by atoms with Crippen LogP contribution in [0.15, 0.2) is 0 Å². The molecule has 3 nitrogen and oxygen atoms in total. The van der Waals surface area contributed by atoms with Crippen molar-refractivity contribution < 1.29 is 4.79 Å². The fourth-order valence-electron chi connectivity index (χ4n) is 0.426. The van der Waals surface area contributed by atoms with Gasteiger partial charge in [0.05, 0.1) is 6.54 Å². The highest BCUT2D eigenvalue weighted by atomic mass is 16.1. The third-order valence-electron chi connectivity index (χ3n) is 0.764. The summed E-state index contributed by atoms with van der Waals surface area (Å²) in [5.41, 5.74) is 0.552. The zero-order chi connectivity index (χ0) is 7.28. The molecule has 9 heavy (non-hydrogen) atoms. The van der Waals surface area contributed by atoms with Crippen LogP contribution in [0.3, 0.4) is 0 Å². The summed E-state index contributed by atoms with van der Waals surface area (Å²) < 4.78 is 0. The molecule has 52 valence electrons. The third-order valence-corrected chi connectivity index (χ3v) is 0.764. The van der Waals surface area contributed by atoms with Gasteiger partial charge in [0.2, 0.25) is 0 Å². The fraction of sp³-hybridized carbons (Fsp3) is 0.667. The van der Waals surface area contributed by atoms with Crippen molar-refractivity contribution >= 4 is 11.5 Å². The van der Waals surface area contributed by atoms with E-state index in [0.29, 0.717) is 18.8 Å². The summed E-state index contributed by atoms with van der Waals surface area (Å²) in [5.74, 6) is 0.108. The summed E-state index contributed by atoms with van der Waals surface area (Å²) >= 11 is 0. The van der Waals surface area contributed by atoms with Gasteiger partial charge in [0.1, 0.15) is 5.78 Å². The minimum atomic E-state index is 0.108. The molecule has 0 aromatic rings. The van der Waals surface area contributed by atoms with Gasteiger partial charge in [-0.1, -0.05) is 0 Å². The van der Waals surface area contributed by atoms with E-state index in [1.54, 1.807) is 6.92 Å². The van der Waals surface area contributed by atoms with Gasteiger partial charge in [-0.15, -0.1) is 0 Å². The summed E-state index contributed by atoms with van der Waals surface area (Å²) in [6.07, 6.45) is 0. The Hall–Kier alpha value is -0.700. The van der Waals surface area contributed by atoms with Crippen LogP contribution in [-0.4, -0.2) is 24.6 Å². The largest absolute Gasteiger partial charge is 0.309 e. The molecular formula is C6H12N2O. The zero-order valence-corrected chi connectivity index (χ0v) is 5.82. The molecular weight excluding hydrogens is 116 g/mol. The summed E-state index contributed by atoms with van der Waals surface area (Å²) in [4.78, 5) is 10.3. The van der Waals surface area contributed by atoms with Gasteiger partial charge in [-0.3, -0.25) is 4.79 Å². The van der Waals surface area contributed by atoms with Crippen LogP contribution in [-0.2, 0) is 4.79 Å². The van der Waals surface area contributed by atoms with Crippen molar-refractivity contribution in [3.05, 3.63) is 0 Å². The summed E-state index contributed by atoms with van der Waals surface area (Å²) in [7, 11) is 0. The molecule has 0 aliphatic heterocycles. The molecule has 3 heteroatoms. The quantitative estimate of drug-likeness (QED) is 0.531. The number of carbonyl (C=O) groups is 1. The molecule has 0 amide bonds. The molecule has 0 heterocycles. The first kappa shape index (κ1) is 8.30. The Bertz CT molecular complexity index is 106. The van der Waals surface area contributed by atoms with Crippen molar-refractivity contribution in [3.8, 4) is 0 Å². The monoisotopic (exact) mass is 128 g/mol. The van der Waals surface area contributed by atoms with Crippen molar-refractivity contribution in [1.29, 1.82) is 5.41 Å². The lowest BCUT2D eigenvalue weighted by atomic mass is 10.4. The Balaban J connectivity index is 3.10. The molecule has 0 aromatic heterocycles. The minimum Gasteiger partial charge on any atom is -0.309 e. The maximum atomic E-state index is 10.3. The van der Waals surface area contributed by atoms with Gasteiger partial charge in [-0.05, 0) is 13.8 Å². The third kappa shape index (κ3) is 7.30. The highest BCUT2D eigenvalue weighted by molar-refractivity contribution is 5.82. The van der Waals surface area contributed by atoms with Crippen LogP contribution in [0.4, 0.5) is 0 Å². The molecule has 0 unspecified atom stereocenters. The van der Waals surface area contributed by atoms with Gasteiger partial charge in [0, 0.05) is 12.3 Å². The van der Waals surface area contributed by atoms with Crippen LogP contribution in [0.5, 0.6) is 0 Å². The van der Waals surface area contributed by atoms with E-state index in [4.69, 9.17) is 5.41 Å². The average molecular weight is 128 g/mol. The van der Waals surface area contributed by atoms with Crippen LogP contribution >= 0.6 is 0 Å². The lowest BCUT2D eigenvalue weighted by molar-refractivity contribution is -0.116. The number of nitrogens with one attached hydrogen (secondary N) is 2. The van der Waals surface area contributed by atoms with Crippen LogP contribution in [0, 0.1) is 5.41 Å². The molecule has 0 radical (unpaired) electrons. The minimum absolute atomic E-state index is 0.108. The predicted octanol–water partition coefficient (Wildman–Crippen LogP) is 0.205. The molecule has 0 atom stereocenters. The number of Topliss-reactive ketones (excluding diaryl/α,β-unsaturated/α-hetero) is 1.